The van der Waals surface area contributed by atoms with Gasteiger partial charge in [0, 0.05) is 31.2 Å². The number of hydrogen-bond acceptors (Lipinski definition) is 2. The molecule has 28 heavy (non-hydrogen) atoms. The van der Waals surface area contributed by atoms with Gasteiger partial charge in [0.2, 0.25) is 5.91 Å². The van der Waals surface area contributed by atoms with Crippen molar-refractivity contribution >= 4 is 35.0 Å². The lowest BCUT2D eigenvalue weighted by Gasteiger charge is -2.37. The molecule has 2 aliphatic rings. The Hall–Kier alpha value is -2.11. The Morgan fingerprint density at radius 3 is 2.21 bits per heavy atom. The number of hydrogen-bond donors (Lipinski definition) is 0. The Morgan fingerprint density at radius 2 is 1.61 bits per heavy atom. The number of carbonyl (C=O) groups excluding carboxylic acids is 2. The van der Waals surface area contributed by atoms with E-state index < -0.39 is 11.2 Å². The first-order valence-corrected chi connectivity index (χ1v) is 9.96. The number of benzene rings is 2. The smallest absolute Gasteiger partial charge is 0.255 e. The summed E-state index contributed by atoms with van der Waals surface area (Å²) in [6, 6.07) is 11.2. The van der Waals surface area contributed by atoms with Crippen molar-refractivity contribution in [1.82, 2.24) is 9.80 Å². The van der Waals surface area contributed by atoms with Gasteiger partial charge in [0.25, 0.3) is 5.91 Å². The Labute approximate surface area is 172 Å². The fraction of sp³-hybridized carbons (Fsp3) is 0.333. The van der Waals surface area contributed by atoms with E-state index in [1.54, 1.807) is 11.0 Å². The van der Waals surface area contributed by atoms with Gasteiger partial charge in [0.1, 0.15) is 5.82 Å². The first-order valence-electron chi connectivity index (χ1n) is 9.20. The topological polar surface area (TPSA) is 40.6 Å². The summed E-state index contributed by atoms with van der Waals surface area (Å²) in [5.74, 6) is -0.623. The van der Waals surface area contributed by atoms with E-state index in [2.05, 4.69) is 0 Å². The summed E-state index contributed by atoms with van der Waals surface area (Å²) in [6.07, 6.45) is 1.63. The Bertz CT molecular complexity index is 938. The molecule has 0 unspecified atom stereocenters. The molecule has 2 aromatic rings. The van der Waals surface area contributed by atoms with E-state index in [1.165, 1.54) is 12.1 Å². The second-order valence-corrected chi connectivity index (χ2v) is 8.14. The molecule has 0 bridgehead atoms. The van der Waals surface area contributed by atoms with Gasteiger partial charge < -0.3 is 9.80 Å². The minimum absolute atomic E-state index is 0.0985. The maximum absolute atomic E-state index is 13.2. The molecule has 0 N–H and O–H groups in total. The van der Waals surface area contributed by atoms with Gasteiger partial charge in [-0.2, -0.15) is 0 Å². The molecule has 1 saturated heterocycles. The molecule has 0 spiro atoms. The van der Waals surface area contributed by atoms with Crippen molar-refractivity contribution in [2.45, 2.75) is 18.3 Å². The highest BCUT2D eigenvalue weighted by molar-refractivity contribution is 6.33. The minimum atomic E-state index is -0.479. The van der Waals surface area contributed by atoms with Crippen LogP contribution in [0.5, 0.6) is 0 Å². The van der Waals surface area contributed by atoms with Crippen LogP contribution in [0.3, 0.4) is 0 Å². The number of piperazine rings is 1. The van der Waals surface area contributed by atoms with Crippen LogP contribution in [0.2, 0.25) is 10.0 Å². The third kappa shape index (κ3) is 3.49. The average Bonchev–Trinajstić information content (AvgIpc) is 3.49. The van der Waals surface area contributed by atoms with E-state index in [1.807, 2.05) is 23.1 Å². The minimum Gasteiger partial charge on any atom is -0.338 e. The molecule has 4 rings (SSSR count). The summed E-state index contributed by atoms with van der Waals surface area (Å²) >= 11 is 12.1. The van der Waals surface area contributed by atoms with Crippen molar-refractivity contribution in [1.29, 1.82) is 0 Å². The van der Waals surface area contributed by atoms with Crippen LogP contribution in [0.1, 0.15) is 28.8 Å². The fourth-order valence-corrected chi connectivity index (χ4v) is 4.22. The van der Waals surface area contributed by atoms with Crippen molar-refractivity contribution in [3.63, 3.8) is 0 Å². The first kappa shape index (κ1) is 19.2. The van der Waals surface area contributed by atoms with Gasteiger partial charge in [0.15, 0.2) is 0 Å². The maximum atomic E-state index is 13.2. The molecule has 0 aromatic heterocycles. The SMILES string of the molecule is O=C(c1ccc(F)cc1Cl)N1CCN(C(=O)C2(c3cccc(Cl)c3)CC2)CC1. The van der Waals surface area contributed by atoms with Gasteiger partial charge >= 0.3 is 0 Å². The molecule has 0 atom stereocenters. The second-order valence-electron chi connectivity index (χ2n) is 7.30. The number of amides is 2. The molecule has 1 saturated carbocycles. The van der Waals surface area contributed by atoms with Crippen LogP contribution in [0, 0.1) is 5.82 Å². The quantitative estimate of drug-likeness (QED) is 0.747. The van der Waals surface area contributed by atoms with E-state index in [0.717, 1.165) is 24.5 Å². The zero-order valence-corrected chi connectivity index (χ0v) is 16.6. The summed E-state index contributed by atoms with van der Waals surface area (Å²) in [4.78, 5) is 29.3. The molecular formula is C21H19Cl2FN2O2. The molecule has 2 aromatic carbocycles. The normalized spacial score (nSPS) is 18.1. The maximum Gasteiger partial charge on any atom is 0.255 e. The van der Waals surface area contributed by atoms with Crippen molar-refractivity contribution in [2.75, 3.05) is 26.2 Å². The number of halogens is 3. The summed E-state index contributed by atoms with van der Waals surface area (Å²) < 4.78 is 13.2. The molecule has 1 heterocycles. The molecule has 2 fully saturated rings. The number of carbonyl (C=O) groups is 2. The summed E-state index contributed by atoms with van der Waals surface area (Å²) in [5.41, 5.74) is 0.763. The van der Waals surface area contributed by atoms with Crippen LogP contribution < -0.4 is 0 Å². The second kappa shape index (κ2) is 7.37. The predicted molar refractivity (Wildman–Crippen MR) is 106 cm³/mol. The molecule has 1 aliphatic heterocycles. The molecule has 4 nitrogen and oxygen atoms in total. The molecule has 1 aliphatic carbocycles. The average molecular weight is 421 g/mol. The summed E-state index contributed by atoms with van der Waals surface area (Å²) in [6.45, 7) is 1.77. The lowest BCUT2D eigenvalue weighted by atomic mass is 9.94. The Morgan fingerprint density at radius 1 is 0.929 bits per heavy atom. The summed E-state index contributed by atoms with van der Waals surface area (Å²) in [5, 5.41) is 0.726. The first-order chi connectivity index (χ1) is 13.4. The van der Waals surface area contributed by atoms with Crippen LogP contribution in [-0.4, -0.2) is 47.8 Å². The molecule has 146 valence electrons. The van der Waals surface area contributed by atoms with E-state index >= 15 is 0 Å². The third-order valence-electron chi connectivity index (χ3n) is 5.55. The highest BCUT2D eigenvalue weighted by Crippen LogP contribution is 2.50. The van der Waals surface area contributed by atoms with Gasteiger partial charge in [-0.1, -0.05) is 35.3 Å². The Kier molecular flexibility index (Phi) is 5.06. The predicted octanol–water partition coefficient (Wildman–Crippen LogP) is 4.15. The van der Waals surface area contributed by atoms with Crippen LogP contribution in [0.15, 0.2) is 42.5 Å². The molecule has 0 radical (unpaired) electrons. The van der Waals surface area contributed by atoms with Crippen LogP contribution in [0.25, 0.3) is 0 Å². The monoisotopic (exact) mass is 420 g/mol. The van der Waals surface area contributed by atoms with Gasteiger partial charge in [-0.05, 0) is 48.7 Å². The highest BCUT2D eigenvalue weighted by atomic mass is 35.5. The molecule has 7 heteroatoms. The van der Waals surface area contributed by atoms with Crippen LogP contribution in [-0.2, 0) is 10.2 Å². The van der Waals surface area contributed by atoms with Crippen LogP contribution in [0.4, 0.5) is 4.39 Å². The summed E-state index contributed by atoms with van der Waals surface area (Å²) in [7, 11) is 0. The lowest BCUT2D eigenvalue weighted by molar-refractivity contribution is -0.135. The largest absolute Gasteiger partial charge is 0.338 e. The standard InChI is InChI=1S/C21H19Cl2FN2O2/c22-15-3-1-2-14(12-15)21(6-7-21)20(28)26-10-8-25(9-11-26)19(27)17-5-4-16(24)13-18(17)23/h1-5,12-13H,6-11H2. The lowest BCUT2D eigenvalue weighted by Crippen LogP contribution is -2.53. The molecular weight excluding hydrogens is 402 g/mol. The van der Waals surface area contributed by atoms with E-state index in [-0.39, 0.29) is 22.4 Å². The van der Waals surface area contributed by atoms with Crippen molar-refractivity contribution in [3.8, 4) is 0 Å². The van der Waals surface area contributed by atoms with Gasteiger partial charge in [-0.3, -0.25) is 9.59 Å². The van der Waals surface area contributed by atoms with E-state index in [4.69, 9.17) is 23.2 Å². The Balaban J connectivity index is 1.43. The van der Waals surface area contributed by atoms with E-state index in [9.17, 15) is 14.0 Å². The molecule has 2 amide bonds. The van der Waals surface area contributed by atoms with Gasteiger partial charge in [-0.15, -0.1) is 0 Å². The van der Waals surface area contributed by atoms with Crippen molar-refractivity contribution < 1.29 is 14.0 Å². The van der Waals surface area contributed by atoms with Gasteiger partial charge in [-0.25, -0.2) is 4.39 Å². The zero-order chi connectivity index (χ0) is 19.9. The highest BCUT2D eigenvalue weighted by Gasteiger charge is 2.53. The van der Waals surface area contributed by atoms with E-state index in [0.29, 0.717) is 31.2 Å². The van der Waals surface area contributed by atoms with Gasteiger partial charge in [0.05, 0.1) is 16.0 Å². The van der Waals surface area contributed by atoms with Crippen LogP contribution >= 0.6 is 23.2 Å². The van der Waals surface area contributed by atoms with Crippen molar-refractivity contribution in [3.05, 3.63) is 69.5 Å². The number of rotatable bonds is 3. The third-order valence-corrected chi connectivity index (χ3v) is 6.10. The van der Waals surface area contributed by atoms with Crippen molar-refractivity contribution in [2.24, 2.45) is 0 Å². The fourth-order valence-electron chi connectivity index (χ4n) is 3.79. The number of nitrogens with zero attached hydrogens (tertiary/aromatic N) is 2. The zero-order valence-electron chi connectivity index (χ0n) is 15.1.